The van der Waals surface area contributed by atoms with Gasteiger partial charge in [0.15, 0.2) is 9.84 Å². The van der Waals surface area contributed by atoms with Crippen molar-refractivity contribution in [3.8, 4) is 0 Å². The van der Waals surface area contributed by atoms with E-state index < -0.39 is 33.0 Å². The summed E-state index contributed by atoms with van der Waals surface area (Å²) >= 11 is 3.23. The lowest BCUT2D eigenvalue weighted by atomic mass is 9.93. The van der Waals surface area contributed by atoms with Crippen LogP contribution in [-0.2, 0) is 14.6 Å². The van der Waals surface area contributed by atoms with Gasteiger partial charge in [0.1, 0.15) is 5.75 Å². The molecule has 1 aliphatic carbocycles. The molecule has 0 bridgehead atoms. The number of halogens is 1. The number of rotatable bonds is 7. The zero-order chi connectivity index (χ0) is 18.8. The Hall–Kier alpha value is -1.70. The minimum atomic E-state index is -3.71. The Labute approximate surface area is 161 Å². The molecule has 2 aromatic rings. The summed E-state index contributed by atoms with van der Waals surface area (Å²) in [6.07, 6.45) is 0.911. The van der Waals surface area contributed by atoms with Gasteiger partial charge in [-0.25, -0.2) is 8.42 Å². The SMILES string of the molecule is O=C(CS(=O)(=O)c1cccc(Br)c1)NCC1([C@@H](O)c2ccccc2)CC1. The lowest BCUT2D eigenvalue weighted by molar-refractivity contribution is -0.119. The summed E-state index contributed by atoms with van der Waals surface area (Å²) in [4.78, 5) is 12.3. The van der Waals surface area contributed by atoms with Crippen LogP contribution in [0.3, 0.4) is 0 Å². The Balaban J connectivity index is 1.61. The van der Waals surface area contributed by atoms with Crippen LogP contribution in [0.5, 0.6) is 0 Å². The van der Waals surface area contributed by atoms with Crippen LogP contribution in [0.15, 0.2) is 64.0 Å². The van der Waals surface area contributed by atoms with E-state index in [9.17, 15) is 18.3 Å². The standard InChI is InChI=1S/C19H20BrNO4S/c20-15-7-4-8-16(11-15)26(24,25)12-17(22)21-13-19(9-10-19)18(23)14-5-2-1-3-6-14/h1-8,11,18,23H,9-10,12-13H2,(H,21,22)/t18-/m0/s1. The van der Waals surface area contributed by atoms with Crippen LogP contribution >= 0.6 is 15.9 Å². The largest absolute Gasteiger partial charge is 0.388 e. The topological polar surface area (TPSA) is 83.5 Å². The minimum Gasteiger partial charge on any atom is -0.388 e. The summed E-state index contributed by atoms with van der Waals surface area (Å²) < 4.78 is 25.4. The predicted molar refractivity (Wildman–Crippen MR) is 102 cm³/mol. The Morgan fingerprint density at radius 1 is 1.15 bits per heavy atom. The Bertz CT molecular complexity index is 895. The number of benzene rings is 2. The van der Waals surface area contributed by atoms with Crippen LogP contribution < -0.4 is 5.32 Å². The van der Waals surface area contributed by atoms with Gasteiger partial charge in [-0.05, 0) is 36.6 Å². The van der Waals surface area contributed by atoms with Crippen LogP contribution in [0, 0.1) is 5.41 Å². The highest BCUT2D eigenvalue weighted by molar-refractivity contribution is 9.10. The molecule has 0 spiro atoms. The summed E-state index contributed by atoms with van der Waals surface area (Å²) in [5.74, 6) is -1.17. The van der Waals surface area contributed by atoms with E-state index in [4.69, 9.17) is 0 Å². The number of carbonyl (C=O) groups excluding carboxylic acids is 1. The fourth-order valence-electron chi connectivity index (χ4n) is 2.94. The van der Waals surface area contributed by atoms with Crippen molar-refractivity contribution in [2.75, 3.05) is 12.3 Å². The second-order valence-corrected chi connectivity index (χ2v) is 9.57. The third-order valence-electron chi connectivity index (χ3n) is 4.70. The average molecular weight is 438 g/mol. The summed E-state index contributed by atoms with van der Waals surface area (Å²) in [6, 6.07) is 15.6. The molecule has 0 saturated heterocycles. The molecule has 5 nitrogen and oxygen atoms in total. The van der Waals surface area contributed by atoms with Crippen molar-refractivity contribution in [3.63, 3.8) is 0 Å². The van der Waals surface area contributed by atoms with Gasteiger partial charge in [0.25, 0.3) is 0 Å². The number of nitrogens with one attached hydrogen (secondary N) is 1. The van der Waals surface area contributed by atoms with Gasteiger partial charge in [-0.2, -0.15) is 0 Å². The number of carbonyl (C=O) groups is 1. The second kappa shape index (κ2) is 7.50. The average Bonchev–Trinajstić information content (AvgIpc) is 3.41. The van der Waals surface area contributed by atoms with E-state index in [1.54, 1.807) is 12.1 Å². The first kappa shape index (κ1) is 19.1. The normalized spacial score (nSPS) is 16.7. The lowest BCUT2D eigenvalue weighted by Crippen LogP contribution is -2.36. The van der Waals surface area contributed by atoms with Gasteiger partial charge >= 0.3 is 0 Å². The number of aliphatic hydroxyl groups is 1. The molecule has 0 unspecified atom stereocenters. The van der Waals surface area contributed by atoms with E-state index in [2.05, 4.69) is 21.2 Å². The molecule has 0 heterocycles. The molecule has 0 aliphatic heterocycles. The molecule has 138 valence electrons. The summed E-state index contributed by atoms with van der Waals surface area (Å²) in [6.45, 7) is 0.260. The number of hydrogen-bond acceptors (Lipinski definition) is 4. The third-order valence-corrected chi connectivity index (χ3v) is 6.81. The highest BCUT2D eigenvalue weighted by atomic mass is 79.9. The number of hydrogen-bond donors (Lipinski definition) is 2. The zero-order valence-corrected chi connectivity index (χ0v) is 16.5. The zero-order valence-electron chi connectivity index (χ0n) is 14.1. The second-order valence-electron chi connectivity index (χ2n) is 6.67. The Morgan fingerprint density at radius 3 is 2.46 bits per heavy atom. The molecule has 1 amide bonds. The molecule has 0 radical (unpaired) electrons. The summed E-state index contributed by atoms with van der Waals surface area (Å²) in [5, 5.41) is 13.3. The van der Waals surface area contributed by atoms with Gasteiger partial charge in [-0.1, -0.05) is 52.3 Å². The molecule has 7 heteroatoms. The van der Waals surface area contributed by atoms with E-state index >= 15 is 0 Å². The molecule has 1 aliphatic rings. The highest BCUT2D eigenvalue weighted by Crippen LogP contribution is 2.54. The molecule has 2 N–H and O–H groups in total. The van der Waals surface area contributed by atoms with E-state index in [1.807, 2.05) is 30.3 Å². The number of sulfone groups is 1. The maximum Gasteiger partial charge on any atom is 0.235 e. The highest BCUT2D eigenvalue weighted by Gasteiger charge is 2.49. The van der Waals surface area contributed by atoms with Crippen molar-refractivity contribution in [3.05, 3.63) is 64.6 Å². The molecule has 1 atom stereocenters. The van der Waals surface area contributed by atoms with Crippen LogP contribution in [0.25, 0.3) is 0 Å². The number of aliphatic hydroxyl groups excluding tert-OH is 1. The molecule has 0 aromatic heterocycles. The third kappa shape index (κ3) is 4.34. The van der Waals surface area contributed by atoms with Gasteiger partial charge in [0.05, 0.1) is 11.0 Å². The van der Waals surface area contributed by atoms with Gasteiger partial charge in [0.2, 0.25) is 5.91 Å². The molecule has 1 saturated carbocycles. The fraction of sp³-hybridized carbons (Fsp3) is 0.316. The van der Waals surface area contributed by atoms with Crippen molar-refractivity contribution < 1.29 is 18.3 Å². The van der Waals surface area contributed by atoms with Gasteiger partial charge < -0.3 is 10.4 Å². The van der Waals surface area contributed by atoms with Gasteiger partial charge in [0, 0.05) is 16.4 Å². The van der Waals surface area contributed by atoms with Crippen LogP contribution in [0.4, 0.5) is 0 Å². The molecule has 26 heavy (non-hydrogen) atoms. The monoisotopic (exact) mass is 437 g/mol. The Kier molecular flexibility index (Phi) is 5.50. The maximum atomic E-state index is 12.4. The van der Waals surface area contributed by atoms with Crippen molar-refractivity contribution >= 4 is 31.7 Å². The summed E-state index contributed by atoms with van der Waals surface area (Å²) in [7, 11) is -3.71. The lowest BCUT2D eigenvalue weighted by Gasteiger charge is -2.23. The first-order chi connectivity index (χ1) is 12.3. The molecular weight excluding hydrogens is 418 g/mol. The molecular formula is C19H20BrNO4S. The smallest absolute Gasteiger partial charge is 0.235 e. The molecule has 1 fully saturated rings. The predicted octanol–water partition coefficient (Wildman–Crippen LogP) is 2.85. The summed E-state index contributed by atoms with van der Waals surface area (Å²) in [5.41, 5.74) is 0.400. The van der Waals surface area contributed by atoms with Crippen molar-refractivity contribution in [1.82, 2.24) is 5.32 Å². The number of amides is 1. The van der Waals surface area contributed by atoms with Crippen molar-refractivity contribution in [2.24, 2.45) is 5.41 Å². The van der Waals surface area contributed by atoms with Gasteiger partial charge in [-0.15, -0.1) is 0 Å². The van der Waals surface area contributed by atoms with Crippen LogP contribution in [0.1, 0.15) is 24.5 Å². The maximum absolute atomic E-state index is 12.4. The fourth-order valence-corrected chi connectivity index (χ4v) is 4.70. The van der Waals surface area contributed by atoms with Crippen LogP contribution in [0.2, 0.25) is 0 Å². The van der Waals surface area contributed by atoms with E-state index in [0.717, 1.165) is 18.4 Å². The van der Waals surface area contributed by atoms with Crippen molar-refractivity contribution in [2.45, 2.75) is 23.8 Å². The van der Waals surface area contributed by atoms with E-state index in [0.29, 0.717) is 4.47 Å². The first-order valence-electron chi connectivity index (χ1n) is 8.30. The van der Waals surface area contributed by atoms with Gasteiger partial charge in [-0.3, -0.25) is 4.79 Å². The molecule has 3 rings (SSSR count). The van der Waals surface area contributed by atoms with Crippen LogP contribution in [-0.4, -0.2) is 31.7 Å². The Morgan fingerprint density at radius 2 is 1.85 bits per heavy atom. The quantitative estimate of drug-likeness (QED) is 0.697. The molecule has 2 aromatic carbocycles. The van der Waals surface area contributed by atoms with E-state index in [1.165, 1.54) is 12.1 Å². The van der Waals surface area contributed by atoms with E-state index in [-0.39, 0.29) is 11.4 Å². The van der Waals surface area contributed by atoms with Crippen molar-refractivity contribution in [1.29, 1.82) is 0 Å². The minimum absolute atomic E-state index is 0.104. The first-order valence-corrected chi connectivity index (χ1v) is 10.7.